The van der Waals surface area contributed by atoms with Crippen LogP contribution in [0.4, 0.5) is 0 Å². The number of hydrogen-bond donors (Lipinski definition) is 0. The number of rotatable bonds is 11. The number of hydrogen-bond acceptors (Lipinski definition) is 5. The quantitative estimate of drug-likeness (QED) is 0.134. The molecule has 0 bridgehead atoms. The van der Waals surface area contributed by atoms with E-state index in [9.17, 15) is 4.79 Å². The Labute approximate surface area is 258 Å². The maximum atomic E-state index is 12.8. The van der Waals surface area contributed by atoms with E-state index in [0.29, 0.717) is 18.6 Å². The molecular formula is C37H46O5Si. The van der Waals surface area contributed by atoms with Crippen molar-refractivity contribution in [3.63, 3.8) is 0 Å². The highest BCUT2D eigenvalue weighted by Crippen LogP contribution is 2.43. The molecular weight excluding hydrogens is 552 g/mol. The van der Waals surface area contributed by atoms with Crippen LogP contribution in [0.15, 0.2) is 104 Å². The van der Waals surface area contributed by atoms with Crippen molar-refractivity contribution in [2.45, 2.75) is 82.3 Å². The third-order valence-corrected chi connectivity index (χ3v) is 14.0. The van der Waals surface area contributed by atoms with Gasteiger partial charge >= 0.3 is 5.97 Å². The van der Waals surface area contributed by atoms with E-state index in [1.807, 2.05) is 24.3 Å². The lowest BCUT2D eigenvalue weighted by Crippen LogP contribution is -2.68. The summed E-state index contributed by atoms with van der Waals surface area (Å²) in [7, 11) is -2.90. The second kappa shape index (κ2) is 13.7. The summed E-state index contributed by atoms with van der Waals surface area (Å²) in [5, 5.41) is 2.24. The zero-order valence-corrected chi connectivity index (χ0v) is 26.9. The molecule has 5 rings (SSSR count). The van der Waals surface area contributed by atoms with E-state index in [-0.39, 0.29) is 35.7 Å². The molecule has 1 saturated carbocycles. The fourth-order valence-electron chi connectivity index (χ4n) is 6.68. The van der Waals surface area contributed by atoms with Crippen molar-refractivity contribution in [1.29, 1.82) is 0 Å². The van der Waals surface area contributed by atoms with E-state index in [4.69, 9.17) is 18.6 Å². The predicted molar refractivity (Wildman–Crippen MR) is 174 cm³/mol. The average molecular weight is 599 g/mol. The SMILES string of the molecule is C=CC(COC(=O)c1ccccc1)C[C@H](O[Si](c1ccccc1)(c1ccccc1)C(C)(C)C)[C@H]1COC2(CCCCC2)O1. The molecule has 1 heterocycles. The van der Waals surface area contributed by atoms with Gasteiger partial charge in [0, 0.05) is 18.8 Å². The molecule has 0 N–H and O–H groups in total. The third-order valence-electron chi connectivity index (χ3n) is 8.96. The number of ether oxygens (including phenoxy) is 3. The number of benzene rings is 3. The van der Waals surface area contributed by atoms with Gasteiger partial charge in [-0.15, -0.1) is 6.58 Å². The van der Waals surface area contributed by atoms with E-state index >= 15 is 0 Å². The van der Waals surface area contributed by atoms with Gasteiger partial charge in [-0.2, -0.15) is 0 Å². The summed E-state index contributed by atoms with van der Waals surface area (Å²) in [6, 6.07) is 30.5. The summed E-state index contributed by atoms with van der Waals surface area (Å²) >= 11 is 0. The van der Waals surface area contributed by atoms with Crippen LogP contribution in [-0.2, 0) is 18.6 Å². The van der Waals surface area contributed by atoms with Crippen LogP contribution in [0.5, 0.6) is 0 Å². The summed E-state index contributed by atoms with van der Waals surface area (Å²) in [5.74, 6) is -0.986. The van der Waals surface area contributed by atoms with Crippen molar-refractivity contribution in [2.75, 3.05) is 13.2 Å². The topological polar surface area (TPSA) is 54.0 Å². The van der Waals surface area contributed by atoms with Gasteiger partial charge in [0.2, 0.25) is 0 Å². The molecule has 0 aromatic heterocycles. The normalized spacial score (nSPS) is 19.9. The highest BCUT2D eigenvalue weighted by molar-refractivity contribution is 6.99. The lowest BCUT2D eigenvalue weighted by Gasteiger charge is -2.46. The minimum atomic E-state index is -2.90. The summed E-state index contributed by atoms with van der Waals surface area (Å²) in [4.78, 5) is 12.8. The molecule has 228 valence electrons. The highest BCUT2D eigenvalue weighted by Gasteiger charge is 2.54. The van der Waals surface area contributed by atoms with Crippen LogP contribution in [0, 0.1) is 5.92 Å². The molecule has 1 saturated heterocycles. The van der Waals surface area contributed by atoms with Gasteiger partial charge in [0.25, 0.3) is 8.32 Å². The van der Waals surface area contributed by atoms with E-state index < -0.39 is 14.1 Å². The second-order valence-corrected chi connectivity index (χ2v) is 17.2. The van der Waals surface area contributed by atoms with Crippen LogP contribution >= 0.6 is 0 Å². The van der Waals surface area contributed by atoms with E-state index in [2.05, 4.69) is 88.0 Å². The van der Waals surface area contributed by atoms with Crippen LogP contribution in [0.1, 0.15) is 69.7 Å². The van der Waals surface area contributed by atoms with Crippen molar-refractivity contribution in [3.05, 3.63) is 109 Å². The van der Waals surface area contributed by atoms with Crippen LogP contribution < -0.4 is 10.4 Å². The lowest BCUT2D eigenvalue weighted by atomic mass is 9.94. The van der Waals surface area contributed by atoms with Crippen LogP contribution in [-0.4, -0.2) is 45.5 Å². The predicted octanol–water partition coefficient (Wildman–Crippen LogP) is 7.06. The molecule has 2 fully saturated rings. The Morgan fingerprint density at radius 2 is 1.49 bits per heavy atom. The Morgan fingerprint density at radius 3 is 2.02 bits per heavy atom. The highest BCUT2D eigenvalue weighted by atomic mass is 28.4. The largest absolute Gasteiger partial charge is 0.461 e. The van der Waals surface area contributed by atoms with Crippen LogP contribution in [0.3, 0.4) is 0 Å². The van der Waals surface area contributed by atoms with Crippen molar-refractivity contribution in [1.82, 2.24) is 0 Å². The van der Waals surface area contributed by atoms with Crippen LogP contribution in [0.2, 0.25) is 5.04 Å². The zero-order chi connectivity index (χ0) is 30.3. The number of carbonyl (C=O) groups is 1. The van der Waals surface area contributed by atoms with Crippen molar-refractivity contribution in [2.24, 2.45) is 5.92 Å². The summed E-state index contributed by atoms with van der Waals surface area (Å²) < 4.78 is 26.8. The average Bonchev–Trinajstić information content (AvgIpc) is 3.44. The van der Waals surface area contributed by atoms with E-state index in [1.165, 1.54) is 16.8 Å². The van der Waals surface area contributed by atoms with Gasteiger partial charge < -0.3 is 18.6 Å². The van der Waals surface area contributed by atoms with Gasteiger partial charge in [0.05, 0.1) is 24.9 Å². The first-order valence-electron chi connectivity index (χ1n) is 15.7. The first-order valence-corrected chi connectivity index (χ1v) is 17.6. The molecule has 0 radical (unpaired) electrons. The molecule has 3 aromatic rings. The summed E-state index contributed by atoms with van der Waals surface area (Å²) in [6.45, 7) is 11.7. The standard InChI is InChI=1S/C37H46O5Si/c1-5-29(27-39-35(38)30-18-10-6-11-19-30)26-33(34-28-40-37(41-34)24-16-9-17-25-37)42-43(36(2,3)4,31-20-12-7-13-21-31)32-22-14-8-15-23-32/h5-8,10-15,18-23,29,33-34H,1,9,16-17,24-28H2,2-4H3/t29?,33-,34+/m0/s1. The maximum Gasteiger partial charge on any atom is 0.338 e. The minimum absolute atomic E-state index is 0.123. The fourth-order valence-corrected chi connectivity index (χ4v) is 11.4. The van der Waals surface area contributed by atoms with Crippen molar-refractivity contribution < 1.29 is 23.4 Å². The Bertz CT molecular complexity index is 1280. The molecule has 43 heavy (non-hydrogen) atoms. The zero-order valence-electron chi connectivity index (χ0n) is 25.9. The van der Waals surface area contributed by atoms with Gasteiger partial charge in [0.15, 0.2) is 5.79 Å². The van der Waals surface area contributed by atoms with Gasteiger partial charge in [-0.25, -0.2) is 4.79 Å². The number of esters is 1. The van der Waals surface area contributed by atoms with Gasteiger partial charge in [-0.1, -0.05) is 112 Å². The monoisotopic (exact) mass is 598 g/mol. The number of carbonyl (C=O) groups excluding carboxylic acids is 1. The summed E-state index contributed by atoms with van der Waals surface area (Å²) in [5.41, 5.74) is 0.539. The molecule has 1 aliphatic heterocycles. The van der Waals surface area contributed by atoms with E-state index in [0.717, 1.165) is 25.7 Å². The molecule has 3 aromatic carbocycles. The summed E-state index contributed by atoms with van der Waals surface area (Å²) in [6.07, 6.45) is 7.19. The molecule has 1 spiro atoms. The van der Waals surface area contributed by atoms with Crippen molar-refractivity contribution >= 4 is 24.7 Å². The molecule has 1 aliphatic carbocycles. The fraction of sp³-hybridized carbons (Fsp3) is 0.432. The van der Waals surface area contributed by atoms with Gasteiger partial charge in [-0.3, -0.25) is 0 Å². The Morgan fingerprint density at radius 1 is 0.930 bits per heavy atom. The van der Waals surface area contributed by atoms with Crippen molar-refractivity contribution in [3.8, 4) is 0 Å². The van der Waals surface area contributed by atoms with Gasteiger partial charge in [0.1, 0.15) is 6.10 Å². The first-order chi connectivity index (χ1) is 20.8. The van der Waals surface area contributed by atoms with Crippen LogP contribution in [0.25, 0.3) is 0 Å². The molecule has 1 unspecified atom stereocenters. The van der Waals surface area contributed by atoms with Gasteiger partial charge in [-0.05, 0) is 46.8 Å². The van der Waals surface area contributed by atoms with E-state index in [1.54, 1.807) is 12.1 Å². The molecule has 5 nitrogen and oxygen atoms in total. The first kappa shape index (κ1) is 31.4. The lowest BCUT2D eigenvalue weighted by molar-refractivity contribution is -0.195. The Hall–Kier alpha value is -3.03. The Kier molecular flexibility index (Phi) is 10.0. The minimum Gasteiger partial charge on any atom is -0.461 e. The second-order valence-electron chi connectivity index (χ2n) is 13.0. The third kappa shape index (κ3) is 7.04. The maximum absolute atomic E-state index is 12.8. The molecule has 3 atom stereocenters. The molecule has 6 heteroatoms. The Balaban J connectivity index is 1.49. The smallest absolute Gasteiger partial charge is 0.338 e. The molecule has 0 amide bonds. The molecule has 2 aliphatic rings.